The van der Waals surface area contributed by atoms with Crippen LogP contribution in [0.25, 0.3) is 0 Å². The van der Waals surface area contributed by atoms with Crippen molar-refractivity contribution in [2.45, 2.75) is 12.2 Å². The summed E-state index contributed by atoms with van der Waals surface area (Å²) in [6.07, 6.45) is -5.93. The summed E-state index contributed by atoms with van der Waals surface area (Å²) < 4.78 is 40.9. The van der Waals surface area contributed by atoms with Crippen molar-refractivity contribution in [3.8, 4) is 5.75 Å². The predicted octanol–water partition coefficient (Wildman–Crippen LogP) is 1.13. The Labute approximate surface area is 134 Å². The first-order chi connectivity index (χ1) is 11.2. The Hall–Kier alpha value is -2.91. The van der Waals surface area contributed by atoms with Gasteiger partial charge in [-0.2, -0.15) is 8.78 Å². The highest BCUT2D eigenvalue weighted by Crippen LogP contribution is 2.41. The predicted molar refractivity (Wildman–Crippen MR) is 75.1 cm³/mol. The number of benzene rings is 1. The van der Waals surface area contributed by atoms with Gasteiger partial charge in [-0.05, 0) is 12.1 Å². The number of cyclic esters (lactones) is 1. The third-order valence-electron chi connectivity index (χ3n) is 3.68. The molecular formula is C14H12F2N2O6. The summed E-state index contributed by atoms with van der Waals surface area (Å²) in [6.45, 7) is -0.130. The highest BCUT2D eigenvalue weighted by molar-refractivity contribution is 6.01. The summed E-state index contributed by atoms with van der Waals surface area (Å²) in [5.74, 6) is -2.49. The van der Waals surface area contributed by atoms with Crippen LogP contribution in [-0.4, -0.2) is 50.9 Å². The van der Waals surface area contributed by atoms with Crippen molar-refractivity contribution in [1.29, 1.82) is 0 Å². The molecule has 0 aliphatic carbocycles. The van der Waals surface area contributed by atoms with E-state index in [-0.39, 0.29) is 23.7 Å². The summed E-state index contributed by atoms with van der Waals surface area (Å²) in [5.41, 5.74) is 0.315. The van der Waals surface area contributed by atoms with Crippen LogP contribution in [0.2, 0.25) is 0 Å². The van der Waals surface area contributed by atoms with E-state index in [1.165, 1.54) is 25.2 Å². The highest BCUT2D eigenvalue weighted by Gasteiger charge is 2.49. The zero-order valence-electron chi connectivity index (χ0n) is 12.6. The van der Waals surface area contributed by atoms with Crippen molar-refractivity contribution in [2.24, 2.45) is 0 Å². The number of rotatable bonds is 2. The van der Waals surface area contributed by atoms with Crippen molar-refractivity contribution in [2.75, 3.05) is 30.5 Å². The molecule has 1 atom stereocenters. The average molecular weight is 342 g/mol. The molecule has 0 aromatic heterocycles. The number of esters is 1. The van der Waals surface area contributed by atoms with Gasteiger partial charge in [0.1, 0.15) is 0 Å². The molecule has 2 amide bonds. The maximum Gasteiger partial charge on any atom is 0.482 e. The number of carbonyl (C=O) groups is 3. The Kier molecular flexibility index (Phi) is 3.54. The Balaban J connectivity index is 1.91. The van der Waals surface area contributed by atoms with E-state index >= 15 is 0 Å². The quantitative estimate of drug-likeness (QED) is 0.749. The van der Waals surface area contributed by atoms with Crippen molar-refractivity contribution in [3.63, 3.8) is 0 Å². The molecule has 24 heavy (non-hydrogen) atoms. The molecule has 128 valence electrons. The van der Waals surface area contributed by atoms with Gasteiger partial charge in [0.15, 0.2) is 5.75 Å². The molecule has 2 heterocycles. The minimum atomic E-state index is -4.00. The number of fused-ring (bicyclic) bond motifs is 1. The molecule has 2 aliphatic rings. The van der Waals surface area contributed by atoms with Gasteiger partial charge in [0.25, 0.3) is 0 Å². The van der Waals surface area contributed by atoms with Gasteiger partial charge in [-0.1, -0.05) is 0 Å². The number of methoxy groups -OCH3 is 1. The van der Waals surface area contributed by atoms with Crippen LogP contribution in [0.3, 0.4) is 0 Å². The summed E-state index contributed by atoms with van der Waals surface area (Å²) in [7, 11) is 2.34. The second kappa shape index (κ2) is 5.32. The first kappa shape index (κ1) is 16.0. The summed E-state index contributed by atoms with van der Waals surface area (Å²) in [6, 6.07) is 3.96. The average Bonchev–Trinajstić information content (AvgIpc) is 2.93. The number of halogens is 2. The van der Waals surface area contributed by atoms with Gasteiger partial charge in [0.2, 0.25) is 6.10 Å². The normalized spacial score (nSPS) is 21.9. The van der Waals surface area contributed by atoms with Crippen LogP contribution in [0.15, 0.2) is 18.2 Å². The molecule has 1 unspecified atom stereocenters. The molecular weight excluding hydrogens is 330 g/mol. The first-order valence-electron chi connectivity index (χ1n) is 6.79. The molecule has 10 heteroatoms. The van der Waals surface area contributed by atoms with Crippen LogP contribution < -0.4 is 14.5 Å². The van der Waals surface area contributed by atoms with Gasteiger partial charge in [0, 0.05) is 13.1 Å². The molecule has 2 aliphatic heterocycles. The van der Waals surface area contributed by atoms with Crippen LogP contribution in [0.4, 0.5) is 25.0 Å². The number of alkyl halides is 2. The first-order valence-corrected chi connectivity index (χ1v) is 6.79. The number of hydrogen-bond acceptors (Lipinski definition) is 6. The van der Waals surface area contributed by atoms with E-state index in [1.54, 1.807) is 0 Å². The Morgan fingerprint density at radius 1 is 1.38 bits per heavy atom. The second-order valence-corrected chi connectivity index (χ2v) is 5.14. The van der Waals surface area contributed by atoms with E-state index in [2.05, 4.69) is 9.47 Å². The smallest absolute Gasteiger partial charge is 0.466 e. The van der Waals surface area contributed by atoms with Crippen molar-refractivity contribution >= 4 is 29.3 Å². The van der Waals surface area contributed by atoms with Gasteiger partial charge >= 0.3 is 24.1 Å². The number of nitrogens with zero attached hydrogens (tertiary/aromatic N) is 2. The van der Waals surface area contributed by atoms with Gasteiger partial charge in [-0.15, -0.1) is 0 Å². The lowest BCUT2D eigenvalue weighted by molar-refractivity contribution is -0.192. The molecule has 1 aromatic carbocycles. The molecule has 0 saturated carbocycles. The molecule has 0 bridgehead atoms. The van der Waals surface area contributed by atoms with E-state index < -0.39 is 30.2 Å². The topological polar surface area (TPSA) is 85.4 Å². The monoisotopic (exact) mass is 342 g/mol. The maximum atomic E-state index is 13.5. The van der Waals surface area contributed by atoms with Crippen LogP contribution in [-0.2, 0) is 19.1 Å². The maximum absolute atomic E-state index is 13.5. The van der Waals surface area contributed by atoms with Gasteiger partial charge in [-0.3, -0.25) is 9.69 Å². The highest BCUT2D eigenvalue weighted by atomic mass is 19.3. The van der Waals surface area contributed by atoms with Crippen molar-refractivity contribution < 1.29 is 37.4 Å². The zero-order valence-corrected chi connectivity index (χ0v) is 12.6. The molecule has 1 fully saturated rings. The Morgan fingerprint density at radius 3 is 2.75 bits per heavy atom. The van der Waals surface area contributed by atoms with E-state index in [0.717, 1.165) is 16.9 Å². The number of carbonyl (C=O) groups excluding carboxylic acids is 3. The van der Waals surface area contributed by atoms with Crippen molar-refractivity contribution in [1.82, 2.24) is 0 Å². The molecule has 3 rings (SSSR count). The second-order valence-electron chi connectivity index (χ2n) is 5.14. The Morgan fingerprint density at radius 2 is 2.08 bits per heavy atom. The number of hydrogen-bond donors (Lipinski definition) is 0. The number of likely N-dealkylation sites (N-methyl/N-ethyl adjacent to an activating group) is 1. The lowest BCUT2D eigenvalue weighted by Gasteiger charge is -2.31. The Bertz CT molecular complexity index is 738. The van der Waals surface area contributed by atoms with Crippen LogP contribution >= 0.6 is 0 Å². The molecule has 1 saturated heterocycles. The SMILES string of the molecule is COC(=O)C1CN(c2ccc3c(c2)OC(F)(F)C(=O)N3C)C(=O)O1. The molecule has 1 aromatic rings. The fourth-order valence-corrected chi connectivity index (χ4v) is 2.44. The van der Waals surface area contributed by atoms with Gasteiger partial charge in [0.05, 0.1) is 25.0 Å². The van der Waals surface area contributed by atoms with Gasteiger partial charge in [-0.25, -0.2) is 9.59 Å². The largest absolute Gasteiger partial charge is 0.482 e. The third kappa shape index (κ3) is 2.39. The van der Waals surface area contributed by atoms with E-state index in [1.807, 2.05) is 0 Å². The minimum absolute atomic E-state index is 0.130. The van der Waals surface area contributed by atoms with Crippen LogP contribution in [0, 0.1) is 0 Å². The molecule has 0 N–H and O–H groups in total. The fraction of sp³-hybridized carbons (Fsp3) is 0.357. The minimum Gasteiger partial charge on any atom is -0.466 e. The molecule has 0 radical (unpaired) electrons. The van der Waals surface area contributed by atoms with Crippen molar-refractivity contribution in [3.05, 3.63) is 18.2 Å². The number of ether oxygens (including phenoxy) is 3. The third-order valence-corrected chi connectivity index (χ3v) is 3.68. The summed E-state index contributed by atoms with van der Waals surface area (Å²) in [4.78, 5) is 36.6. The summed E-state index contributed by atoms with van der Waals surface area (Å²) >= 11 is 0. The standard InChI is InChI=1S/C14H12F2N2O6/c1-17-8-4-3-7(5-9(8)24-14(15,16)12(17)20)18-6-10(11(19)22-2)23-13(18)21/h3-5,10H,6H2,1-2H3. The fourth-order valence-electron chi connectivity index (χ4n) is 2.44. The lowest BCUT2D eigenvalue weighted by Crippen LogP contribution is -2.49. The van der Waals surface area contributed by atoms with E-state index in [9.17, 15) is 23.2 Å². The van der Waals surface area contributed by atoms with E-state index in [0.29, 0.717) is 0 Å². The van der Waals surface area contributed by atoms with Crippen LogP contribution in [0.5, 0.6) is 5.75 Å². The summed E-state index contributed by atoms with van der Waals surface area (Å²) in [5, 5.41) is 0. The van der Waals surface area contributed by atoms with E-state index in [4.69, 9.17) is 4.74 Å². The molecule has 8 nitrogen and oxygen atoms in total. The lowest BCUT2D eigenvalue weighted by atomic mass is 10.2. The number of amides is 2. The molecule has 0 spiro atoms. The van der Waals surface area contributed by atoms with Gasteiger partial charge < -0.3 is 19.1 Å². The van der Waals surface area contributed by atoms with Crippen LogP contribution in [0.1, 0.15) is 0 Å². The zero-order chi connectivity index (χ0) is 17.6. The number of anilines is 2.